The standard InChI is InChI=1S/C32H36F4N6O5/c1-19-16-41(10-11-47-20(2)43)9-7-25(19)40-31(45)23-12-21(13-27-29(23)39-18-42(27)17-32(34,35)36)6-5-8-38-26-14-22(30(44)37-3)24(33)15-28(26)46-4/h12-15,18-19,25,38H,7-11,16-17H2,1-4H3,(H,37,44)(H,40,45)/t19-,25-/m0/s1. The molecule has 3 aromatic rings. The lowest BCUT2D eigenvalue weighted by atomic mass is 9.93. The molecule has 47 heavy (non-hydrogen) atoms. The van der Waals surface area contributed by atoms with E-state index >= 15 is 0 Å². The Morgan fingerprint density at radius 3 is 2.55 bits per heavy atom. The molecule has 15 heteroatoms. The first-order chi connectivity index (χ1) is 22.3. The molecule has 0 aliphatic carbocycles. The number of methoxy groups -OCH3 is 1. The van der Waals surface area contributed by atoms with Crippen LogP contribution in [0.1, 0.15) is 46.5 Å². The number of carbonyl (C=O) groups is 3. The van der Waals surface area contributed by atoms with Crippen LogP contribution in [-0.4, -0.2) is 91.4 Å². The quantitative estimate of drug-likeness (QED) is 0.171. The molecular weight excluding hydrogens is 624 g/mol. The van der Waals surface area contributed by atoms with Crippen LogP contribution in [0, 0.1) is 23.6 Å². The fraction of sp³-hybridized carbons (Fsp3) is 0.438. The fourth-order valence-corrected chi connectivity index (χ4v) is 5.40. The zero-order valence-corrected chi connectivity index (χ0v) is 26.4. The minimum atomic E-state index is -4.53. The van der Waals surface area contributed by atoms with E-state index in [1.54, 1.807) is 0 Å². The van der Waals surface area contributed by atoms with Gasteiger partial charge in [0, 0.05) is 51.3 Å². The van der Waals surface area contributed by atoms with E-state index in [-0.39, 0.29) is 64.6 Å². The summed E-state index contributed by atoms with van der Waals surface area (Å²) >= 11 is 0. The van der Waals surface area contributed by atoms with Crippen molar-refractivity contribution in [3.8, 4) is 17.6 Å². The van der Waals surface area contributed by atoms with Crippen molar-refractivity contribution in [2.24, 2.45) is 5.92 Å². The van der Waals surface area contributed by atoms with Crippen LogP contribution in [0.2, 0.25) is 0 Å². The van der Waals surface area contributed by atoms with Crippen molar-refractivity contribution >= 4 is 34.5 Å². The number of amides is 2. The number of hydrogen-bond acceptors (Lipinski definition) is 8. The summed E-state index contributed by atoms with van der Waals surface area (Å²) in [5.41, 5.74) is 0.659. The van der Waals surface area contributed by atoms with Gasteiger partial charge in [-0.2, -0.15) is 13.2 Å². The Morgan fingerprint density at radius 2 is 1.89 bits per heavy atom. The largest absolute Gasteiger partial charge is 0.494 e. The van der Waals surface area contributed by atoms with E-state index in [0.717, 1.165) is 17.0 Å². The number of likely N-dealkylation sites (tertiary alicyclic amines) is 1. The lowest BCUT2D eigenvalue weighted by molar-refractivity contribution is -0.141. The van der Waals surface area contributed by atoms with Crippen molar-refractivity contribution in [3.05, 3.63) is 53.1 Å². The highest BCUT2D eigenvalue weighted by Gasteiger charge is 2.31. The van der Waals surface area contributed by atoms with Crippen molar-refractivity contribution < 1.29 is 41.4 Å². The van der Waals surface area contributed by atoms with Crippen molar-refractivity contribution in [2.45, 2.75) is 39.0 Å². The molecule has 1 aliphatic heterocycles. The first-order valence-electron chi connectivity index (χ1n) is 14.8. The van der Waals surface area contributed by atoms with Gasteiger partial charge >= 0.3 is 12.1 Å². The summed E-state index contributed by atoms with van der Waals surface area (Å²) in [6.45, 7) is 4.18. The molecule has 0 saturated carbocycles. The summed E-state index contributed by atoms with van der Waals surface area (Å²) in [5.74, 6) is 3.67. The molecule has 1 aliphatic rings. The molecule has 0 bridgehead atoms. The highest BCUT2D eigenvalue weighted by atomic mass is 19.4. The van der Waals surface area contributed by atoms with E-state index in [4.69, 9.17) is 9.47 Å². The van der Waals surface area contributed by atoms with Gasteiger partial charge in [0.15, 0.2) is 0 Å². The summed E-state index contributed by atoms with van der Waals surface area (Å²) in [6, 6.07) is 5.06. The summed E-state index contributed by atoms with van der Waals surface area (Å²) in [4.78, 5) is 43.0. The van der Waals surface area contributed by atoms with Gasteiger partial charge in [0.2, 0.25) is 0 Å². The summed E-state index contributed by atoms with van der Waals surface area (Å²) in [7, 11) is 2.71. The van der Waals surface area contributed by atoms with E-state index in [9.17, 15) is 31.9 Å². The number of halogens is 4. The third-order valence-electron chi connectivity index (χ3n) is 7.70. The predicted molar refractivity (Wildman–Crippen MR) is 166 cm³/mol. The summed E-state index contributed by atoms with van der Waals surface area (Å²) in [5, 5.41) is 8.33. The number of fused-ring (bicyclic) bond motifs is 1. The average Bonchev–Trinajstić information content (AvgIpc) is 3.40. The van der Waals surface area contributed by atoms with Gasteiger partial charge in [0.1, 0.15) is 30.2 Å². The number of aromatic nitrogens is 2. The molecule has 0 unspecified atom stereocenters. The maximum absolute atomic E-state index is 14.3. The van der Waals surface area contributed by atoms with Crippen molar-refractivity contribution in [3.63, 3.8) is 0 Å². The number of rotatable bonds is 10. The number of hydrogen-bond donors (Lipinski definition) is 3. The van der Waals surface area contributed by atoms with Crippen LogP contribution in [-0.2, 0) is 16.1 Å². The van der Waals surface area contributed by atoms with E-state index < -0.39 is 30.4 Å². The maximum atomic E-state index is 14.3. The molecule has 2 heterocycles. The van der Waals surface area contributed by atoms with Crippen LogP contribution >= 0.6 is 0 Å². The molecule has 1 fully saturated rings. The second-order valence-corrected chi connectivity index (χ2v) is 11.1. The topological polar surface area (TPSA) is 127 Å². The number of benzene rings is 2. The van der Waals surface area contributed by atoms with E-state index in [2.05, 4.69) is 37.7 Å². The Bertz CT molecular complexity index is 1700. The molecule has 3 N–H and O–H groups in total. The van der Waals surface area contributed by atoms with Gasteiger partial charge in [-0.3, -0.25) is 19.3 Å². The number of imidazole rings is 1. The highest BCUT2D eigenvalue weighted by Crippen LogP contribution is 2.28. The van der Waals surface area contributed by atoms with Crippen LogP contribution in [0.5, 0.6) is 5.75 Å². The lowest BCUT2D eigenvalue weighted by Crippen LogP contribution is -2.50. The van der Waals surface area contributed by atoms with E-state index in [1.807, 2.05) is 6.92 Å². The molecule has 1 saturated heterocycles. The number of nitrogens with zero attached hydrogens (tertiary/aromatic N) is 3. The highest BCUT2D eigenvalue weighted by molar-refractivity contribution is 6.05. The number of ether oxygens (including phenoxy) is 2. The van der Waals surface area contributed by atoms with Crippen LogP contribution in [0.4, 0.5) is 23.2 Å². The molecule has 4 rings (SSSR count). The Balaban J connectivity index is 1.56. The Labute approximate surface area is 269 Å². The number of nitrogens with one attached hydrogen (secondary N) is 3. The second kappa shape index (κ2) is 15.2. The van der Waals surface area contributed by atoms with Gasteiger partial charge in [-0.15, -0.1) is 0 Å². The first-order valence-corrected chi connectivity index (χ1v) is 14.8. The van der Waals surface area contributed by atoms with Gasteiger partial charge < -0.3 is 30.0 Å². The maximum Gasteiger partial charge on any atom is 0.406 e. The lowest BCUT2D eigenvalue weighted by Gasteiger charge is -2.37. The smallest absolute Gasteiger partial charge is 0.406 e. The normalized spacial score (nSPS) is 16.6. The molecule has 11 nitrogen and oxygen atoms in total. The van der Waals surface area contributed by atoms with Crippen LogP contribution in [0.25, 0.3) is 11.0 Å². The second-order valence-electron chi connectivity index (χ2n) is 11.1. The zero-order chi connectivity index (χ0) is 34.3. The SMILES string of the molecule is CNC(=O)c1cc(NCC#Cc2cc(C(=O)N[C@H]3CCN(CCOC(C)=O)C[C@@H]3C)c3ncn(CC(F)(F)F)c3c2)c(OC)cc1F. The number of esters is 1. The Kier molecular flexibility index (Phi) is 11.3. The predicted octanol–water partition coefficient (Wildman–Crippen LogP) is 3.57. The minimum Gasteiger partial charge on any atom is -0.494 e. The van der Waals surface area contributed by atoms with Crippen molar-refractivity contribution in [2.75, 3.05) is 52.3 Å². The zero-order valence-electron chi connectivity index (χ0n) is 26.4. The summed E-state index contributed by atoms with van der Waals surface area (Å²) in [6.07, 6.45) is -2.86. The monoisotopic (exact) mass is 660 g/mol. The summed E-state index contributed by atoms with van der Waals surface area (Å²) < 4.78 is 65.5. The molecular formula is C32H36F4N6O5. The number of piperidine rings is 1. The minimum absolute atomic E-state index is 0.00982. The molecule has 0 spiro atoms. The number of carbonyl (C=O) groups excluding carboxylic acids is 3. The van der Waals surface area contributed by atoms with Gasteiger partial charge in [-0.05, 0) is 30.5 Å². The molecule has 2 aromatic carbocycles. The van der Waals surface area contributed by atoms with Crippen LogP contribution in [0.3, 0.4) is 0 Å². The van der Waals surface area contributed by atoms with Crippen molar-refractivity contribution in [1.29, 1.82) is 0 Å². The molecule has 2 amide bonds. The van der Waals surface area contributed by atoms with Gasteiger partial charge in [-0.25, -0.2) is 9.37 Å². The van der Waals surface area contributed by atoms with Crippen molar-refractivity contribution in [1.82, 2.24) is 25.1 Å². The molecule has 0 radical (unpaired) electrons. The van der Waals surface area contributed by atoms with Gasteiger partial charge in [0.25, 0.3) is 11.8 Å². The fourth-order valence-electron chi connectivity index (χ4n) is 5.40. The molecule has 2 atom stereocenters. The molecule has 1 aromatic heterocycles. The van der Waals surface area contributed by atoms with Gasteiger partial charge in [0.05, 0.1) is 42.3 Å². The Hall–Kier alpha value is -4.84. The van der Waals surface area contributed by atoms with E-state index in [1.165, 1.54) is 39.3 Å². The number of anilines is 1. The number of alkyl halides is 3. The first kappa shape index (κ1) is 35.0. The molecule has 252 valence electrons. The van der Waals surface area contributed by atoms with Crippen LogP contribution in [0.15, 0.2) is 30.6 Å². The Morgan fingerprint density at radius 1 is 1.13 bits per heavy atom. The third kappa shape index (κ3) is 9.13. The van der Waals surface area contributed by atoms with Gasteiger partial charge in [-0.1, -0.05) is 18.8 Å². The van der Waals surface area contributed by atoms with E-state index in [0.29, 0.717) is 31.7 Å². The third-order valence-corrected chi connectivity index (χ3v) is 7.70. The average molecular weight is 661 g/mol. The van der Waals surface area contributed by atoms with Crippen LogP contribution < -0.4 is 20.7 Å².